The third kappa shape index (κ3) is 2.46. The van der Waals surface area contributed by atoms with Crippen molar-refractivity contribution in [3.8, 4) is 39.2 Å². The Hall–Kier alpha value is -3.13. The molecule has 0 aliphatic carbocycles. The molecule has 0 fully saturated rings. The topological polar surface area (TPSA) is 70.8 Å². The minimum absolute atomic E-state index is 0.559. The standard InChI is InChI=1S/C18H14N4O3S/c1-23-13-5-2-11(3-6-13)16-19-20-18-22(16)21-17(26-18)12-4-7-14-15(10-12)25-9-8-24-14/h2-7,10H,8-9H2,1H3. The number of methoxy groups -OCH3 is 1. The Balaban J connectivity index is 1.55. The molecule has 0 unspecified atom stereocenters. The van der Waals surface area contributed by atoms with Crippen molar-refractivity contribution in [3.63, 3.8) is 0 Å². The van der Waals surface area contributed by atoms with E-state index in [4.69, 9.17) is 19.3 Å². The average Bonchev–Trinajstić information content (AvgIpc) is 3.28. The summed E-state index contributed by atoms with van der Waals surface area (Å²) in [4.78, 5) is 0.737. The highest BCUT2D eigenvalue weighted by Gasteiger charge is 2.17. The van der Waals surface area contributed by atoms with Gasteiger partial charge in [0.15, 0.2) is 17.3 Å². The van der Waals surface area contributed by atoms with Gasteiger partial charge in [-0.05, 0) is 42.5 Å². The summed E-state index contributed by atoms with van der Waals surface area (Å²) in [5.74, 6) is 3.00. The second-order valence-corrected chi connectivity index (χ2v) is 6.67. The van der Waals surface area contributed by atoms with Crippen LogP contribution in [-0.2, 0) is 0 Å². The van der Waals surface area contributed by atoms with Gasteiger partial charge >= 0.3 is 0 Å². The van der Waals surface area contributed by atoms with Gasteiger partial charge in [0, 0.05) is 11.1 Å². The lowest BCUT2D eigenvalue weighted by Gasteiger charge is -2.18. The van der Waals surface area contributed by atoms with E-state index in [2.05, 4.69) is 10.2 Å². The summed E-state index contributed by atoms with van der Waals surface area (Å²) in [6, 6.07) is 13.5. The molecule has 130 valence electrons. The molecule has 0 saturated carbocycles. The number of hydrogen-bond acceptors (Lipinski definition) is 7. The van der Waals surface area contributed by atoms with Crippen LogP contribution in [0.4, 0.5) is 0 Å². The van der Waals surface area contributed by atoms with E-state index in [1.165, 1.54) is 11.3 Å². The molecule has 2 aromatic heterocycles. The lowest BCUT2D eigenvalue weighted by atomic mass is 10.2. The van der Waals surface area contributed by atoms with Gasteiger partial charge in [0.1, 0.15) is 24.0 Å². The zero-order valence-electron chi connectivity index (χ0n) is 13.9. The van der Waals surface area contributed by atoms with Crippen LogP contribution in [0.5, 0.6) is 17.2 Å². The highest BCUT2D eigenvalue weighted by Crippen LogP contribution is 2.36. The molecule has 0 saturated heterocycles. The Bertz CT molecular complexity index is 1090. The molecule has 26 heavy (non-hydrogen) atoms. The zero-order chi connectivity index (χ0) is 17.5. The molecule has 4 aromatic rings. The Morgan fingerprint density at radius 1 is 0.962 bits per heavy atom. The van der Waals surface area contributed by atoms with Crippen LogP contribution in [0, 0.1) is 0 Å². The maximum absolute atomic E-state index is 5.66. The molecule has 7 nitrogen and oxygen atoms in total. The molecule has 2 aromatic carbocycles. The Labute approximate surface area is 152 Å². The number of benzene rings is 2. The average molecular weight is 366 g/mol. The molecular formula is C18H14N4O3S. The molecule has 0 amide bonds. The number of hydrogen-bond donors (Lipinski definition) is 0. The van der Waals surface area contributed by atoms with E-state index in [0.29, 0.717) is 19.0 Å². The summed E-state index contributed by atoms with van der Waals surface area (Å²) in [7, 11) is 1.64. The van der Waals surface area contributed by atoms with Crippen molar-refractivity contribution in [1.82, 2.24) is 19.8 Å². The SMILES string of the molecule is COc1ccc(-c2nnc3sc(-c4ccc5c(c4)OCCO5)nn23)cc1. The highest BCUT2D eigenvalue weighted by atomic mass is 32.1. The third-order valence-corrected chi connectivity index (χ3v) is 5.08. The molecule has 8 heteroatoms. The number of ether oxygens (including phenoxy) is 3. The molecule has 0 bridgehead atoms. The van der Waals surface area contributed by atoms with E-state index in [1.54, 1.807) is 11.6 Å². The molecule has 0 atom stereocenters. The van der Waals surface area contributed by atoms with E-state index in [1.807, 2.05) is 42.5 Å². The van der Waals surface area contributed by atoms with Gasteiger partial charge in [0.2, 0.25) is 4.96 Å². The first-order valence-corrected chi connectivity index (χ1v) is 8.90. The van der Waals surface area contributed by atoms with Crippen LogP contribution in [0.1, 0.15) is 0 Å². The van der Waals surface area contributed by atoms with Crippen LogP contribution in [-0.4, -0.2) is 40.1 Å². The van der Waals surface area contributed by atoms with Crippen LogP contribution in [0.25, 0.3) is 26.9 Å². The van der Waals surface area contributed by atoms with Gasteiger partial charge < -0.3 is 14.2 Å². The summed E-state index contributed by atoms with van der Waals surface area (Å²) < 4.78 is 18.2. The number of rotatable bonds is 3. The van der Waals surface area contributed by atoms with Gasteiger partial charge in [0.25, 0.3) is 0 Å². The van der Waals surface area contributed by atoms with Gasteiger partial charge in [-0.15, -0.1) is 10.2 Å². The fraction of sp³-hybridized carbons (Fsp3) is 0.167. The summed E-state index contributed by atoms with van der Waals surface area (Å²) >= 11 is 1.48. The van der Waals surface area contributed by atoms with Crippen molar-refractivity contribution >= 4 is 16.3 Å². The van der Waals surface area contributed by atoms with Crippen LogP contribution >= 0.6 is 11.3 Å². The largest absolute Gasteiger partial charge is 0.497 e. The van der Waals surface area contributed by atoms with Crippen molar-refractivity contribution in [2.24, 2.45) is 0 Å². The van der Waals surface area contributed by atoms with Crippen molar-refractivity contribution < 1.29 is 14.2 Å². The fourth-order valence-electron chi connectivity index (χ4n) is 2.83. The molecule has 0 radical (unpaired) electrons. The van der Waals surface area contributed by atoms with Crippen LogP contribution in [0.3, 0.4) is 0 Å². The first-order chi connectivity index (χ1) is 12.8. The zero-order valence-corrected chi connectivity index (χ0v) is 14.7. The summed E-state index contributed by atoms with van der Waals surface area (Å²) in [5.41, 5.74) is 1.89. The van der Waals surface area contributed by atoms with Crippen molar-refractivity contribution in [2.45, 2.75) is 0 Å². The van der Waals surface area contributed by atoms with E-state index in [0.717, 1.165) is 38.3 Å². The summed E-state index contributed by atoms with van der Waals surface area (Å²) in [5, 5.41) is 14.1. The Morgan fingerprint density at radius 2 is 1.73 bits per heavy atom. The molecule has 0 N–H and O–H groups in total. The Morgan fingerprint density at radius 3 is 2.54 bits per heavy atom. The lowest BCUT2D eigenvalue weighted by molar-refractivity contribution is 0.171. The predicted octanol–water partition coefficient (Wildman–Crippen LogP) is 3.30. The van der Waals surface area contributed by atoms with Crippen LogP contribution in [0.15, 0.2) is 42.5 Å². The van der Waals surface area contributed by atoms with Gasteiger partial charge in [-0.1, -0.05) is 11.3 Å². The van der Waals surface area contributed by atoms with E-state index < -0.39 is 0 Å². The number of aromatic nitrogens is 4. The normalized spacial score (nSPS) is 13.1. The predicted molar refractivity (Wildman–Crippen MR) is 97.1 cm³/mol. The van der Waals surface area contributed by atoms with Crippen molar-refractivity contribution in [1.29, 1.82) is 0 Å². The molecule has 3 heterocycles. The maximum atomic E-state index is 5.66. The quantitative estimate of drug-likeness (QED) is 0.554. The van der Waals surface area contributed by atoms with E-state index >= 15 is 0 Å². The maximum Gasteiger partial charge on any atom is 0.235 e. The number of nitrogens with zero attached hydrogens (tertiary/aromatic N) is 4. The fourth-order valence-corrected chi connectivity index (χ4v) is 3.67. The van der Waals surface area contributed by atoms with Gasteiger partial charge in [-0.2, -0.15) is 9.61 Å². The second-order valence-electron chi connectivity index (χ2n) is 5.71. The first kappa shape index (κ1) is 15.2. The van der Waals surface area contributed by atoms with E-state index in [-0.39, 0.29) is 0 Å². The van der Waals surface area contributed by atoms with Crippen molar-refractivity contribution in [2.75, 3.05) is 20.3 Å². The molecule has 1 aliphatic rings. The number of fused-ring (bicyclic) bond motifs is 2. The van der Waals surface area contributed by atoms with Crippen LogP contribution in [0.2, 0.25) is 0 Å². The molecular weight excluding hydrogens is 352 g/mol. The highest BCUT2D eigenvalue weighted by molar-refractivity contribution is 7.19. The lowest BCUT2D eigenvalue weighted by Crippen LogP contribution is -2.15. The van der Waals surface area contributed by atoms with Gasteiger partial charge in [-0.25, -0.2) is 0 Å². The third-order valence-electron chi connectivity index (χ3n) is 4.13. The minimum Gasteiger partial charge on any atom is -0.497 e. The van der Waals surface area contributed by atoms with Gasteiger partial charge in [-0.3, -0.25) is 0 Å². The molecule has 0 spiro atoms. The van der Waals surface area contributed by atoms with Crippen LogP contribution < -0.4 is 14.2 Å². The van der Waals surface area contributed by atoms with E-state index in [9.17, 15) is 0 Å². The summed E-state index contributed by atoms with van der Waals surface area (Å²) in [6.07, 6.45) is 0. The molecule has 5 rings (SSSR count). The monoisotopic (exact) mass is 366 g/mol. The molecule has 1 aliphatic heterocycles. The smallest absolute Gasteiger partial charge is 0.235 e. The summed E-state index contributed by atoms with van der Waals surface area (Å²) in [6.45, 7) is 1.14. The Kier molecular flexibility index (Phi) is 3.49. The second kappa shape index (κ2) is 5.99. The first-order valence-electron chi connectivity index (χ1n) is 8.08. The van der Waals surface area contributed by atoms with Crippen molar-refractivity contribution in [3.05, 3.63) is 42.5 Å². The minimum atomic E-state index is 0.559. The van der Waals surface area contributed by atoms with Gasteiger partial charge in [0.05, 0.1) is 7.11 Å².